The molecule has 3 aromatic rings. The molecule has 0 aliphatic rings. The van der Waals surface area contributed by atoms with Gasteiger partial charge in [0, 0.05) is 17.0 Å². The zero-order valence-corrected chi connectivity index (χ0v) is 14.6. The summed E-state index contributed by atoms with van der Waals surface area (Å²) in [5.74, 6) is -0.675. The summed E-state index contributed by atoms with van der Waals surface area (Å²) in [6.45, 7) is 1.93. The van der Waals surface area contributed by atoms with Crippen molar-refractivity contribution in [2.24, 2.45) is 0 Å². The molecule has 0 aliphatic heterocycles. The molecule has 0 aliphatic carbocycles. The topological polar surface area (TPSA) is 113 Å². The number of aryl methyl sites for hydroxylation is 1. The van der Waals surface area contributed by atoms with Gasteiger partial charge < -0.3 is 4.74 Å². The molecule has 0 saturated heterocycles. The Kier molecular flexibility index (Phi) is 4.94. The smallest absolute Gasteiger partial charge is 0.339 e. The molecule has 0 spiro atoms. The minimum absolute atomic E-state index is 0.0750. The average molecular weight is 371 g/mol. The summed E-state index contributed by atoms with van der Waals surface area (Å²) in [5.41, 5.74) is 1.64. The van der Waals surface area contributed by atoms with Gasteiger partial charge in [-0.1, -0.05) is 18.2 Å². The largest absolute Gasteiger partial charge is 0.465 e. The number of rotatable bonds is 5. The second-order valence-electron chi connectivity index (χ2n) is 5.19. The van der Waals surface area contributed by atoms with Crippen LogP contribution in [0.4, 0.5) is 5.69 Å². The van der Waals surface area contributed by atoms with E-state index in [1.54, 1.807) is 4.68 Å². The number of aromatic nitrogens is 4. The maximum Gasteiger partial charge on any atom is 0.339 e. The Bertz CT molecular complexity index is 988. The molecule has 0 radical (unpaired) electrons. The summed E-state index contributed by atoms with van der Waals surface area (Å²) in [7, 11) is 1.22. The molecule has 1 aromatic heterocycles. The highest BCUT2D eigenvalue weighted by molar-refractivity contribution is 7.99. The zero-order valence-electron chi connectivity index (χ0n) is 13.8. The van der Waals surface area contributed by atoms with Gasteiger partial charge in [0.2, 0.25) is 5.16 Å². The van der Waals surface area contributed by atoms with Crippen molar-refractivity contribution in [1.82, 2.24) is 20.2 Å². The lowest BCUT2D eigenvalue weighted by molar-refractivity contribution is -0.384. The Labute approximate surface area is 152 Å². The molecule has 0 saturated carbocycles. The quantitative estimate of drug-likeness (QED) is 0.382. The molecular formula is C16H13N5O4S. The van der Waals surface area contributed by atoms with Crippen LogP contribution in [0.5, 0.6) is 0 Å². The van der Waals surface area contributed by atoms with Gasteiger partial charge in [0.1, 0.15) is 0 Å². The number of hydrogen-bond acceptors (Lipinski definition) is 8. The number of para-hydroxylation sites is 1. The van der Waals surface area contributed by atoms with Gasteiger partial charge >= 0.3 is 5.97 Å². The van der Waals surface area contributed by atoms with Crippen LogP contribution in [0.3, 0.4) is 0 Å². The lowest BCUT2D eigenvalue weighted by atomic mass is 10.2. The molecule has 132 valence electrons. The molecule has 9 nitrogen and oxygen atoms in total. The number of ether oxygens (including phenoxy) is 1. The van der Waals surface area contributed by atoms with Crippen LogP contribution in [0.2, 0.25) is 0 Å². The molecule has 0 atom stereocenters. The average Bonchev–Trinajstić information content (AvgIpc) is 3.09. The summed E-state index contributed by atoms with van der Waals surface area (Å²) < 4.78 is 6.28. The van der Waals surface area contributed by atoms with E-state index in [1.165, 1.54) is 25.3 Å². The number of nitro groups is 1. The van der Waals surface area contributed by atoms with Gasteiger partial charge in [-0.3, -0.25) is 10.1 Å². The first-order chi connectivity index (χ1) is 12.5. The van der Waals surface area contributed by atoms with Gasteiger partial charge in [0.05, 0.1) is 23.3 Å². The van der Waals surface area contributed by atoms with Crippen molar-refractivity contribution in [3.63, 3.8) is 0 Å². The van der Waals surface area contributed by atoms with E-state index in [0.29, 0.717) is 10.1 Å². The van der Waals surface area contributed by atoms with Crippen LogP contribution in [0, 0.1) is 17.0 Å². The van der Waals surface area contributed by atoms with E-state index in [2.05, 4.69) is 15.5 Å². The van der Waals surface area contributed by atoms with E-state index in [1.807, 2.05) is 31.2 Å². The Balaban J connectivity index is 2.03. The van der Waals surface area contributed by atoms with Gasteiger partial charge in [-0.15, -0.1) is 5.10 Å². The highest BCUT2D eigenvalue weighted by Crippen LogP contribution is 2.32. The van der Waals surface area contributed by atoms with Gasteiger partial charge in [-0.05, 0) is 46.8 Å². The molecule has 10 heteroatoms. The first-order valence-electron chi connectivity index (χ1n) is 7.40. The minimum atomic E-state index is -0.675. The number of benzene rings is 2. The third kappa shape index (κ3) is 3.40. The summed E-state index contributed by atoms with van der Waals surface area (Å²) in [6, 6.07) is 11.5. The van der Waals surface area contributed by atoms with Crippen molar-refractivity contribution < 1.29 is 14.5 Å². The van der Waals surface area contributed by atoms with Gasteiger partial charge in [0.15, 0.2) is 0 Å². The Morgan fingerprint density at radius 3 is 2.73 bits per heavy atom. The zero-order chi connectivity index (χ0) is 18.7. The number of esters is 1. The fourth-order valence-electron chi connectivity index (χ4n) is 2.28. The molecule has 0 fully saturated rings. The number of methoxy groups -OCH3 is 1. The number of tetrazole rings is 1. The first kappa shape index (κ1) is 17.5. The molecule has 2 aromatic carbocycles. The van der Waals surface area contributed by atoms with Crippen molar-refractivity contribution in [2.75, 3.05) is 7.11 Å². The maximum absolute atomic E-state index is 12.0. The normalized spacial score (nSPS) is 10.5. The lowest BCUT2D eigenvalue weighted by Crippen LogP contribution is -2.05. The van der Waals surface area contributed by atoms with Gasteiger partial charge in [-0.25, -0.2) is 4.79 Å². The summed E-state index contributed by atoms with van der Waals surface area (Å²) in [5, 5.41) is 23.1. The highest BCUT2D eigenvalue weighted by atomic mass is 32.2. The fourth-order valence-corrected chi connectivity index (χ4v) is 3.17. The molecule has 0 unspecified atom stereocenters. The monoisotopic (exact) mass is 371 g/mol. The predicted octanol–water partition coefficient (Wildman–Crippen LogP) is 2.82. The van der Waals surface area contributed by atoms with Crippen molar-refractivity contribution in [1.29, 1.82) is 0 Å². The number of hydrogen-bond donors (Lipinski definition) is 0. The van der Waals surface area contributed by atoms with Crippen molar-refractivity contribution in [3.8, 4) is 5.69 Å². The molecule has 26 heavy (non-hydrogen) atoms. The SMILES string of the molecule is COC(=O)c1cc([N+](=O)[O-])ccc1Sc1nnnn1-c1ccccc1C. The Morgan fingerprint density at radius 1 is 1.27 bits per heavy atom. The number of nitro benzene ring substituents is 1. The standard InChI is InChI=1S/C16H13N5O4S/c1-10-5-3-4-6-13(10)20-16(17-18-19-20)26-14-8-7-11(21(23)24)9-12(14)15(22)25-2/h3-9H,1-2H3. The first-order valence-corrected chi connectivity index (χ1v) is 8.22. The van der Waals surface area contributed by atoms with E-state index in [-0.39, 0.29) is 11.3 Å². The maximum atomic E-state index is 12.0. The van der Waals surface area contributed by atoms with Crippen LogP contribution >= 0.6 is 11.8 Å². The van der Waals surface area contributed by atoms with Crippen LogP contribution in [-0.2, 0) is 4.74 Å². The van der Waals surface area contributed by atoms with E-state index >= 15 is 0 Å². The number of carbonyl (C=O) groups excluding carboxylic acids is 1. The summed E-state index contributed by atoms with van der Waals surface area (Å²) in [4.78, 5) is 22.9. The van der Waals surface area contributed by atoms with Crippen molar-refractivity contribution in [2.45, 2.75) is 17.0 Å². The Hall–Kier alpha value is -3.27. The van der Waals surface area contributed by atoms with Gasteiger partial charge in [-0.2, -0.15) is 4.68 Å². The van der Waals surface area contributed by atoms with Gasteiger partial charge in [0.25, 0.3) is 5.69 Å². The third-order valence-electron chi connectivity index (χ3n) is 3.57. The second-order valence-corrected chi connectivity index (χ2v) is 6.20. The number of nitrogens with zero attached hydrogens (tertiary/aromatic N) is 5. The number of non-ortho nitro benzene ring substituents is 1. The number of carbonyl (C=O) groups is 1. The highest BCUT2D eigenvalue weighted by Gasteiger charge is 2.20. The van der Waals surface area contributed by atoms with Crippen LogP contribution in [0.25, 0.3) is 5.69 Å². The van der Waals surface area contributed by atoms with E-state index in [9.17, 15) is 14.9 Å². The molecular weight excluding hydrogens is 358 g/mol. The molecule has 0 bridgehead atoms. The lowest BCUT2D eigenvalue weighted by Gasteiger charge is -2.09. The Morgan fingerprint density at radius 2 is 2.04 bits per heavy atom. The van der Waals surface area contributed by atoms with E-state index in [0.717, 1.165) is 23.0 Å². The van der Waals surface area contributed by atoms with E-state index < -0.39 is 10.9 Å². The second kappa shape index (κ2) is 7.31. The summed E-state index contributed by atoms with van der Waals surface area (Å²) in [6.07, 6.45) is 0. The molecule has 0 amide bonds. The molecule has 0 N–H and O–H groups in total. The van der Waals surface area contributed by atoms with Crippen molar-refractivity contribution in [3.05, 3.63) is 63.7 Å². The van der Waals surface area contributed by atoms with Crippen molar-refractivity contribution >= 4 is 23.4 Å². The van der Waals surface area contributed by atoms with Crippen LogP contribution in [0.1, 0.15) is 15.9 Å². The van der Waals surface area contributed by atoms with Crippen LogP contribution in [0.15, 0.2) is 52.5 Å². The fraction of sp³-hybridized carbons (Fsp3) is 0.125. The molecule has 3 rings (SSSR count). The summed E-state index contributed by atoms with van der Waals surface area (Å²) >= 11 is 1.12. The third-order valence-corrected chi connectivity index (χ3v) is 4.58. The predicted molar refractivity (Wildman–Crippen MR) is 92.4 cm³/mol. The van der Waals surface area contributed by atoms with Crippen LogP contribution < -0.4 is 0 Å². The minimum Gasteiger partial charge on any atom is -0.465 e. The molecule has 1 heterocycles. The van der Waals surface area contributed by atoms with Crippen LogP contribution in [-0.4, -0.2) is 38.2 Å². The van der Waals surface area contributed by atoms with E-state index in [4.69, 9.17) is 4.74 Å².